The minimum Gasteiger partial charge on any atom is -0.207 e. The van der Waals surface area contributed by atoms with Crippen molar-refractivity contribution in [3.05, 3.63) is 35.1 Å². The summed E-state index contributed by atoms with van der Waals surface area (Å²) in [4.78, 5) is 0. The first kappa shape index (κ1) is 14.7. The van der Waals surface area contributed by atoms with E-state index in [2.05, 4.69) is 0 Å². The molecule has 0 N–H and O–H groups in total. The molecule has 1 atom stereocenters. The van der Waals surface area contributed by atoms with Gasteiger partial charge in [0.05, 0.1) is 5.38 Å². The monoisotopic (exact) mass is 290 g/mol. The SMILES string of the molecule is Fc1cc(F)c(C(Cl)CC2CCCCCC2)cc1F. The van der Waals surface area contributed by atoms with Gasteiger partial charge in [-0.15, -0.1) is 11.6 Å². The van der Waals surface area contributed by atoms with E-state index >= 15 is 0 Å². The summed E-state index contributed by atoms with van der Waals surface area (Å²) >= 11 is 6.19. The molecular weight excluding hydrogens is 273 g/mol. The van der Waals surface area contributed by atoms with Crippen LogP contribution < -0.4 is 0 Å². The molecule has 0 aromatic heterocycles. The lowest BCUT2D eigenvalue weighted by atomic mass is 9.92. The summed E-state index contributed by atoms with van der Waals surface area (Å²) in [6.07, 6.45) is 7.64. The Labute approximate surface area is 117 Å². The Balaban J connectivity index is 2.06. The summed E-state index contributed by atoms with van der Waals surface area (Å²) in [6.45, 7) is 0. The van der Waals surface area contributed by atoms with E-state index in [9.17, 15) is 13.2 Å². The molecule has 1 saturated carbocycles. The fourth-order valence-electron chi connectivity index (χ4n) is 2.80. The van der Waals surface area contributed by atoms with E-state index in [4.69, 9.17) is 11.6 Å². The zero-order chi connectivity index (χ0) is 13.8. The van der Waals surface area contributed by atoms with E-state index in [1.807, 2.05) is 0 Å². The molecule has 0 spiro atoms. The van der Waals surface area contributed by atoms with Crippen molar-refractivity contribution in [2.24, 2.45) is 5.92 Å². The minimum absolute atomic E-state index is 0.0739. The second-order valence-corrected chi connectivity index (χ2v) is 5.88. The number of halogens is 4. The second kappa shape index (κ2) is 6.65. The Morgan fingerprint density at radius 1 is 0.947 bits per heavy atom. The van der Waals surface area contributed by atoms with Crippen LogP contribution in [0.4, 0.5) is 13.2 Å². The average molecular weight is 291 g/mol. The summed E-state index contributed by atoms with van der Waals surface area (Å²) in [5.41, 5.74) is 0.0739. The fraction of sp³-hybridized carbons (Fsp3) is 0.600. The lowest BCUT2D eigenvalue weighted by molar-refractivity contribution is 0.416. The highest BCUT2D eigenvalue weighted by atomic mass is 35.5. The van der Waals surface area contributed by atoms with Gasteiger partial charge in [0.15, 0.2) is 11.6 Å². The molecule has 106 valence electrons. The van der Waals surface area contributed by atoms with E-state index in [0.717, 1.165) is 18.9 Å². The van der Waals surface area contributed by atoms with E-state index < -0.39 is 22.8 Å². The zero-order valence-electron chi connectivity index (χ0n) is 10.8. The molecule has 1 aliphatic carbocycles. The number of benzene rings is 1. The molecule has 1 aliphatic rings. The summed E-state index contributed by atoms with van der Waals surface area (Å²) in [7, 11) is 0. The number of alkyl halides is 1. The summed E-state index contributed by atoms with van der Waals surface area (Å²) in [5.74, 6) is -2.51. The maximum absolute atomic E-state index is 13.6. The Kier molecular flexibility index (Phi) is 5.14. The van der Waals surface area contributed by atoms with Crippen LogP contribution in [-0.2, 0) is 0 Å². The molecule has 0 amide bonds. The molecule has 0 saturated heterocycles. The third-order valence-corrected chi connectivity index (χ3v) is 4.31. The summed E-state index contributed by atoms with van der Waals surface area (Å²) in [5, 5.41) is -0.585. The first-order chi connectivity index (χ1) is 9.08. The maximum atomic E-state index is 13.6. The first-order valence-electron chi connectivity index (χ1n) is 6.86. The van der Waals surface area contributed by atoms with Crippen molar-refractivity contribution in [2.45, 2.75) is 50.3 Å². The van der Waals surface area contributed by atoms with Gasteiger partial charge in [0.1, 0.15) is 5.82 Å². The van der Waals surface area contributed by atoms with Gasteiger partial charge in [-0.3, -0.25) is 0 Å². The minimum atomic E-state index is -1.17. The first-order valence-corrected chi connectivity index (χ1v) is 7.30. The third-order valence-electron chi connectivity index (χ3n) is 3.89. The van der Waals surface area contributed by atoms with Gasteiger partial charge in [-0.05, 0) is 18.4 Å². The third kappa shape index (κ3) is 3.88. The van der Waals surface area contributed by atoms with E-state index in [0.29, 0.717) is 18.4 Å². The van der Waals surface area contributed by atoms with Crippen LogP contribution in [0, 0.1) is 23.4 Å². The molecule has 1 aromatic carbocycles. The van der Waals surface area contributed by atoms with Gasteiger partial charge >= 0.3 is 0 Å². The topological polar surface area (TPSA) is 0 Å². The lowest BCUT2D eigenvalue weighted by Gasteiger charge is -2.18. The summed E-state index contributed by atoms with van der Waals surface area (Å²) in [6, 6.07) is 1.46. The molecule has 0 nitrogen and oxygen atoms in total. The molecule has 0 bridgehead atoms. The molecule has 1 fully saturated rings. The molecule has 1 aromatic rings. The molecule has 0 heterocycles. The predicted molar refractivity (Wildman–Crippen MR) is 70.7 cm³/mol. The quantitative estimate of drug-likeness (QED) is 0.378. The van der Waals surface area contributed by atoms with Crippen molar-refractivity contribution in [3.8, 4) is 0 Å². The van der Waals surface area contributed by atoms with Gasteiger partial charge in [-0.1, -0.05) is 38.5 Å². The van der Waals surface area contributed by atoms with Crippen LogP contribution in [0.2, 0.25) is 0 Å². The predicted octanol–water partition coefficient (Wildman–Crippen LogP) is 5.74. The van der Waals surface area contributed by atoms with Crippen molar-refractivity contribution in [1.82, 2.24) is 0 Å². The van der Waals surface area contributed by atoms with Crippen molar-refractivity contribution >= 4 is 11.6 Å². The Hall–Kier alpha value is -0.700. The van der Waals surface area contributed by atoms with Gasteiger partial charge < -0.3 is 0 Å². The van der Waals surface area contributed by atoms with Crippen molar-refractivity contribution < 1.29 is 13.2 Å². The standard InChI is InChI=1S/C15H18ClF3/c16-12(7-10-5-3-1-2-4-6-10)11-8-14(18)15(19)9-13(11)17/h8-10,12H,1-7H2. The van der Waals surface area contributed by atoms with Crippen LogP contribution in [0.1, 0.15) is 55.9 Å². The highest BCUT2D eigenvalue weighted by Crippen LogP contribution is 2.36. The maximum Gasteiger partial charge on any atom is 0.161 e. The zero-order valence-corrected chi connectivity index (χ0v) is 11.5. The Morgan fingerprint density at radius 2 is 1.53 bits per heavy atom. The van der Waals surface area contributed by atoms with Crippen LogP contribution in [0.25, 0.3) is 0 Å². The Morgan fingerprint density at radius 3 is 2.16 bits per heavy atom. The number of rotatable bonds is 3. The smallest absolute Gasteiger partial charge is 0.161 e. The Bertz CT molecular complexity index is 426. The number of hydrogen-bond donors (Lipinski definition) is 0. The van der Waals surface area contributed by atoms with Crippen molar-refractivity contribution in [3.63, 3.8) is 0 Å². The average Bonchev–Trinajstić information content (AvgIpc) is 2.62. The van der Waals surface area contributed by atoms with Gasteiger partial charge in [0, 0.05) is 11.6 Å². The molecule has 4 heteroatoms. The van der Waals surface area contributed by atoms with Crippen LogP contribution in [0.5, 0.6) is 0 Å². The van der Waals surface area contributed by atoms with Gasteiger partial charge in [0.25, 0.3) is 0 Å². The van der Waals surface area contributed by atoms with Crippen LogP contribution >= 0.6 is 11.6 Å². The fourth-order valence-corrected chi connectivity index (χ4v) is 3.22. The lowest BCUT2D eigenvalue weighted by Crippen LogP contribution is -2.06. The van der Waals surface area contributed by atoms with Crippen LogP contribution in [0.3, 0.4) is 0 Å². The highest BCUT2D eigenvalue weighted by Gasteiger charge is 2.21. The van der Waals surface area contributed by atoms with Gasteiger partial charge in [0.2, 0.25) is 0 Å². The molecule has 0 aliphatic heterocycles. The van der Waals surface area contributed by atoms with E-state index in [1.165, 1.54) is 25.7 Å². The van der Waals surface area contributed by atoms with Gasteiger partial charge in [-0.2, -0.15) is 0 Å². The highest BCUT2D eigenvalue weighted by molar-refractivity contribution is 6.20. The van der Waals surface area contributed by atoms with E-state index in [-0.39, 0.29) is 5.56 Å². The van der Waals surface area contributed by atoms with Crippen molar-refractivity contribution in [1.29, 1.82) is 0 Å². The second-order valence-electron chi connectivity index (χ2n) is 5.35. The normalized spacial score (nSPS) is 19.2. The summed E-state index contributed by atoms with van der Waals surface area (Å²) < 4.78 is 39.7. The molecule has 2 rings (SSSR count). The molecular formula is C15H18ClF3. The molecule has 1 unspecified atom stereocenters. The largest absolute Gasteiger partial charge is 0.207 e. The van der Waals surface area contributed by atoms with Crippen LogP contribution in [-0.4, -0.2) is 0 Å². The molecule has 0 radical (unpaired) electrons. The van der Waals surface area contributed by atoms with Crippen LogP contribution in [0.15, 0.2) is 12.1 Å². The van der Waals surface area contributed by atoms with Gasteiger partial charge in [-0.25, -0.2) is 13.2 Å². The van der Waals surface area contributed by atoms with Crippen molar-refractivity contribution in [2.75, 3.05) is 0 Å². The number of hydrogen-bond acceptors (Lipinski definition) is 0. The van der Waals surface area contributed by atoms with E-state index in [1.54, 1.807) is 0 Å². The molecule has 19 heavy (non-hydrogen) atoms.